The molecule has 4 N–H and O–H groups in total. The number of aromatic nitrogens is 2. The molecule has 3 rings (SSSR count). The van der Waals surface area contributed by atoms with Crippen LogP contribution >= 0.6 is 0 Å². The Morgan fingerprint density at radius 2 is 2.04 bits per heavy atom. The van der Waals surface area contributed by atoms with E-state index in [9.17, 15) is 14.9 Å². The number of nitrogens with two attached hydrogens (primary N) is 1. The van der Waals surface area contributed by atoms with E-state index in [1.165, 1.54) is 18.4 Å². The van der Waals surface area contributed by atoms with Gasteiger partial charge in [-0.05, 0) is 18.2 Å². The zero-order valence-electron chi connectivity index (χ0n) is 14.1. The van der Waals surface area contributed by atoms with Crippen LogP contribution in [-0.4, -0.2) is 33.9 Å². The summed E-state index contributed by atoms with van der Waals surface area (Å²) >= 11 is 0. The van der Waals surface area contributed by atoms with Crippen molar-refractivity contribution in [3.8, 4) is 11.5 Å². The van der Waals surface area contributed by atoms with Crippen LogP contribution in [0, 0.1) is 10.1 Å². The van der Waals surface area contributed by atoms with Crippen LogP contribution in [0.3, 0.4) is 0 Å². The van der Waals surface area contributed by atoms with Gasteiger partial charge in [0.05, 0.1) is 10.5 Å². The molecular weight excluding hydrogens is 352 g/mol. The Balaban J connectivity index is 1.50. The first-order valence-corrected chi connectivity index (χ1v) is 7.97. The molecule has 0 bridgehead atoms. The monoisotopic (exact) mass is 368 g/mol. The molecule has 0 radical (unpaired) electrons. The number of para-hydroxylation sites is 1. The Kier molecular flexibility index (Phi) is 5.26. The molecule has 0 aliphatic carbocycles. The fourth-order valence-corrected chi connectivity index (χ4v) is 2.25. The molecule has 0 saturated carbocycles. The predicted molar refractivity (Wildman–Crippen MR) is 98.1 cm³/mol. The molecule has 3 aromatic rings. The van der Waals surface area contributed by atoms with Gasteiger partial charge in [0.15, 0.2) is 5.69 Å². The molecule has 138 valence electrons. The minimum absolute atomic E-state index is 0.0882. The van der Waals surface area contributed by atoms with Crippen LogP contribution in [0.1, 0.15) is 10.5 Å². The van der Waals surface area contributed by atoms with Gasteiger partial charge in [-0.3, -0.25) is 14.9 Å². The molecular formula is C17H16N6O4. The van der Waals surface area contributed by atoms with Gasteiger partial charge in [0.1, 0.15) is 18.3 Å². The van der Waals surface area contributed by atoms with Gasteiger partial charge < -0.3 is 20.8 Å². The van der Waals surface area contributed by atoms with Crippen LogP contribution in [0.4, 0.5) is 17.2 Å². The highest BCUT2D eigenvalue weighted by atomic mass is 16.6. The predicted octanol–water partition coefficient (Wildman–Crippen LogP) is 2.07. The SMILES string of the molecule is Nc1ccccc1-c1nc(C(=O)NCCNc2ccc([N+](=O)[O-])cn2)co1. The zero-order chi connectivity index (χ0) is 19.2. The number of amides is 1. The van der Waals surface area contributed by atoms with E-state index in [2.05, 4.69) is 20.6 Å². The summed E-state index contributed by atoms with van der Waals surface area (Å²) in [4.78, 5) is 30.2. The Bertz CT molecular complexity index is 954. The maximum atomic E-state index is 12.1. The van der Waals surface area contributed by atoms with Crippen LogP contribution in [0.15, 0.2) is 53.3 Å². The van der Waals surface area contributed by atoms with E-state index in [0.717, 1.165) is 6.20 Å². The molecule has 0 spiro atoms. The number of benzene rings is 1. The summed E-state index contributed by atoms with van der Waals surface area (Å²) in [5.74, 6) is 0.350. The minimum atomic E-state index is -0.522. The maximum absolute atomic E-state index is 12.1. The molecule has 0 saturated heterocycles. The first-order chi connectivity index (χ1) is 13.0. The van der Waals surface area contributed by atoms with Gasteiger partial charge in [-0.15, -0.1) is 0 Å². The number of oxazole rings is 1. The van der Waals surface area contributed by atoms with Crippen LogP contribution in [-0.2, 0) is 0 Å². The molecule has 2 aromatic heterocycles. The summed E-state index contributed by atoms with van der Waals surface area (Å²) in [6.45, 7) is 0.681. The number of rotatable bonds is 7. The number of anilines is 2. The van der Waals surface area contributed by atoms with E-state index in [1.54, 1.807) is 24.3 Å². The van der Waals surface area contributed by atoms with Crippen molar-refractivity contribution in [2.45, 2.75) is 0 Å². The summed E-state index contributed by atoms with van der Waals surface area (Å²) in [6.07, 6.45) is 2.43. The standard InChI is InChI=1S/C17H16N6O4/c18-13-4-2-1-3-12(13)17-22-14(10-27-17)16(24)20-8-7-19-15-6-5-11(9-21-15)23(25)26/h1-6,9-10H,7-8,18H2,(H,19,21)(H,20,24). The number of hydrogen-bond acceptors (Lipinski definition) is 8. The molecule has 1 aromatic carbocycles. The van der Waals surface area contributed by atoms with Gasteiger partial charge in [0.2, 0.25) is 5.89 Å². The van der Waals surface area contributed by atoms with Gasteiger partial charge in [-0.1, -0.05) is 12.1 Å². The van der Waals surface area contributed by atoms with Crippen LogP contribution in [0.2, 0.25) is 0 Å². The lowest BCUT2D eigenvalue weighted by Gasteiger charge is -2.06. The third kappa shape index (κ3) is 4.37. The van der Waals surface area contributed by atoms with Gasteiger partial charge in [-0.2, -0.15) is 0 Å². The zero-order valence-corrected chi connectivity index (χ0v) is 14.1. The number of nitrogen functional groups attached to an aromatic ring is 1. The number of carbonyl (C=O) groups is 1. The molecule has 0 aliphatic heterocycles. The molecule has 0 aliphatic rings. The van der Waals surface area contributed by atoms with E-state index in [1.807, 2.05) is 0 Å². The quantitative estimate of drug-likeness (QED) is 0.248. The smallest absolute Gasteiger partial charge is 0.287 e. The fourth-order valence-electron chi connectivity index (χ4n) is 2.25. The Hall–Kier alpha value is -3.95. The van der Waals surface area contributed by atoms with E-state index in [-0.39, 0.29) is 17.3 Å². The topological polar surface area (TPSA) is 149 Å². The number of nitrogens with zero attached hydrogens (tertiary/aromatic N) is 3. The van der Waals surface area contributed by atoms with Crippen molar-refractivity contribution in [3.63, 3.8) is 0 Å². The van der Waals surface area contributed by atoms with Gasteiger partial charge in [0.25, 0.3) is 11.6 Å². The normalized spacial score (nSPS) is 10.4. The van der Waals surface area contributed by atoms with E-state index in [0.29, 0.717) is 30.2 Å². The largest absolute Gasteiger partial charge is 0.444 e. The highest BCUT2D eigenvalue weighted by Crippen LogP contribution is 2.24. The van der Waals surface area contributed by atoms with Crippen molar-refractivity contribution in [2.24, 2.45) is 0 Å². The fraction of sp³-hybridized carbons (Fsp3) is 0.118. The van der Waals surface area contributed by atoms with Gasteiger partial charge in [-0.25, -0.2) is 9.97 Å². The second-order valence-electron chi connectivity index (χ2n) is 5.47. The highest BCUT2D eigenvalue weighted by Gasteiger charge is 2.14. The van der Waals surface area contributed by atoms with E-state index in [4.69, 9.17) is 10.2 Å². The molecule has 10 heteroatoms. The molecule has 0 fully saturated rings. The molecule has 0 atom stereocenters. The minimum Gasteiger partial charge on any atom is -0.444 e. The van der Waals surface area contributed by atoms with E-state index < -0.39 is 10.8 Å². The van der Waals surface area contributed by atoms with Gasteiger partial charge in [0, 0.05) is 24.8 Å². The Morgan fingerprint density at radius 3 is 2.74 bits per heavy atom. The lowest BCUT2D eigenvalue weighted by molar-refractivity contribution is -0.385. The lowest BCUT2D eigenvalue weighted by Crippen LogP contribution is -2.29. The lowest BCUT2D eigenvalue weighted by atomic mass is 10.2. The van der Waals surface area contributed by atoms with Crippen molar-refractivity contribution in [1.82, 2.24) is 15.3 Å². The number of nitrogens with one attached hydrogen (secondary N) is 2. The second kappa shape index (κ2) is 7.95. The molecule has 0 unspecified atom stereocenters. The summed E-state index contributed by atoms with van der Waals surface area (Å²) in [7, 11) is 0. The Morgan fingerprint density at radius 1 is 1.22 bits per heavy atom. The van der Waals surface area contributed by atoms with E-state index >= 15 is 0 Å². The Labute approximate surface area is 153 Å². The third-order valence-corrected chi connectivity index (χ3v) is 3.60. The number of pyridine rings is 1. The number of hydrogen-bond donors (Lipinski definition) is 3. The van der Waals surface area contributed by atoms with Crippen molar-refractivity contribution < 1.29 is 14.1 Å². The molecule has 27 heavy (non-hydrogen) atoms. The van der Waals surface area contributed by atoms with Crippen LogP contribution < -0.4 is 16.4 Å². The van der Waals surface area contributed by atoms with Crippen molar-refractivity contribution in [1.29, 1.82) is 0 Å². The van der Waals surface area contributed by atoms with Crippen molar-refractivity contribution in [2.75, 3.05) is 24.1 Å². The average molecular weight is 368 g/mol. The van der Waals surface area contributed by atoms with Crippen LogP contribution in [0.5, 0.6) is 0 Å². The molecule has 1 amide bonds. The highest BCUT2D eigenvalue weighted by molar-refractivity contribution is 5.92. The maximum Gasteiger partial charge on any atom is 0.287 e. The second-order valence-corrected chi connectivity index (χ2v) is 5.47. The average Bonchev–Trinajstić information content (AvgIpc) is 3.16. The first-order valence-electron chi connectivity index (χ1n) is 7.97. The summed E-state index contributed by atoms with van der Waals surface area (Å²) < 4.78 is 5.33. The van der Waals surface area contributed by atoms with Crippen molar-refractivity contribution in [3.05, 3.63) is 64.7 Å². The molecule has 10 nitrogen and oxygen atoms in total. The summed E-state index contributed by atoms with van der Waals surface area (Å²) in [6, 6.07) is 9.91. The number of nitro groups is 1. The third-order valence-electron chi connectivity index (χ3n) is 3.60. The molecule has 2 heterocycles. The summed E-state index contributed by atoms with van der Waals surface area (Å²) in [5.41, 5.74) is 7.04. The first kappa shape index (κ1) is 17.9. The number of carbonyl (C=O) groups excluding carboxylic acids is 1. The van der Waals surface area contributed by atoms with Crippen molar-refractivity contribution >= 4 is 23.1 Å². The van der Waals surface area contributed by atoms with Crippen LogP contribution in [0.25, 0.3) is 11.5 Å². The summed E-state index contributed by atoms with van der Waals surface area (Å²) in [5, 5.41) is 16.2. The van der Waals surface area contributed by atoms with Gasteiger partial charge >= 0.3 is 0 Å².